The topological polar surface area (TPSA) is 13.1 Å². The van der Waals surface area contributed by atoms with Crippen LogP contribution in [0.3, 0.4) is 0 Å². The maximum absolute atomic E-state index is 9.69. The summed E-state index contributed by atoms with van der Waals surface area (Å²) in [7, 11) is 0. The van der Waals surface area contributed by atoms with Crippen LogP contribution >= 0.6 is 0 Å². The number of furan rings is 1. The van der Waals surface area contributed by atoms with Crippen molar-refractivity contribution in [2.24, 2.45) is 0 Å². The minimum absolute atomic E-state index is 0.0789. The van der Waals surface area contributed by atoms with Crippen LogP contribution in [0, 0.1) is 0 Å². The van der Waals surface area contributed by atoms with Crippen LogP contribution in [0.1, 0.15) is 30.2 Å². The predicted octanol–water partition coefficient (Wildman–Crippen LogP) is 13.7. The molecule has 0 amide bonds. The van der Waals surface area contributed by atoms with Gasteiger partial charge >= 0.3 is 0 Å². The summed E-state index contributed by atoms with van der Waals surface area (Å²) in [5, 5.41) is 0.00776. The maximum Gasteiger partial charge on any atom is 0.136 e. The molecule has 228 valence electrons. The van der Waals surface area contributed by atoms with Gasteiger partial charge in [-0.25, -0.2) is 0 Å². The molecule has 0 N–H and O–H groups in total. The van der Waals surface area contributed by atoms with Crippen LogP contribution < -0.4 is 0 Å². The highest BCUT2D eigenvalue weighted by atomic mass is 16.3. The average molecular weight is 645 g/mol. The highest BCUT2D eigenvalue weighted by molar-refractivity contribution is 6.26. The van der Waals surface area contributed by atoms with E-state index >= 15 is 0 Å². The Hall–Kier alpha value is -6.44. The number of rotatable bonds is 4. The third-order valence-corrected chi connectivity index (χ3v) is 8.38. The van der Waals surface area contributed by atoms with E-state index in [9.17, 15) is 12.3 Å². The fraction of sp³-hybridized carbons (Fsp3) is 0. The molecule has 9 aromatic carbocycles. The Kier molecular flexibility index (Phi) is 3.07. The molecule has 10 aromatic rings. The fourth-order valence-electron chi connectivity index (χ4n) is 6.30. The zero-order valence-electron chi connectivity index (χ0n) is 47.0. The van der Waals surface area contributed by atoms with Gasteiger partial charge in [-0.2, -0.15) is 0 Å². The molecule has 0 radical (unpaired) electrons. The Balaban J connectivity index is 1.33. The average Bonchev–Trinajstić information content (AvgIpc) is 3.76. The Labute approximate surface area is 315 Å². The van der Waals surface area contributed by atoms with Gasteiger partial charge in [-0.1, -0.05) is 151 Å². The van der Waals surface area contributed by atoms with Gasteiger partial charge in [0, 0.05) is 10.8 Å². The Bertz CT molecular complexity index is 4030. The van der Waals surface area contributed by atoms with Crippen molar-refractivity contribution in [1.82, 2.24) is 0 Å². The lowest BCUT2D eigenvalue weighted by Crippen LogP contribution is -1.91. The largest absolute Gasteiger partial charge is 0.456 e. The second-order valence-electron chi connectivity index (χ2n) is 11.1. The summed E-state index contributed by atoms with van der Waals surface area (Å²) >= 11 is 0. The molecule has 1 heterocycles. The Morgan fingerprint density at radius 3 is 1.53 bits per heavy atom. The summed E-state index contributed by atoms with van der Waals surface area (Å²) in [6, 6.07) is -2.05. The van der Waals surface area contributed by atoms with E-state index in [1.807, 2.05) is 0 Å². The molecule has 0 saturated carbocycles. The molecule has 1 aromatic heterocycles. The van der Waals surface area contributed by atoms with Crippen LogP contribution in [0.15, 0.2) is 186 Å². The molecule has 0 bridgehead atoms. The first-order valence-electron chi connectivity index (χ1n) is 26.1. The van der Waals surface area contributed by atoms with Crippen LogP contribution in [0.25, 0.3) is 98.8 Å². The summed E-state index contributed by atoms with van der Waals surface area (Å²) in [5.41, 5.74) is -2.81. The third-order valence-electron chi connectivity index (χ3n) is 8.38. The minimum atomic E-state index is -0.757. The van der Waals surface area contributed by atoms with Crippen molar-refractivity contribution in [3.63, 3.8) is 0 Å². The number of benzene rings is 9. The monoisotopic (exact) mass is 644 g/mol. The highest BCUT2D eigenvalue weighted by Gasteiger charge is 2.20. The number of hydrogen-bond donors (Lipinski definition) is 0. The van der Waals surface area contributed by atoms with E-state index in [4.69, 9.17) is 22.2 Å². The second-order valence-corrected chi connectivity index (χ2v) is 11.1. The van der Waals surface area contributed by atoms with Crippen LogP contribution in [0.4, 0.5) is 0 Å². The van der Waals surface area contributed by atoms with E-state index in [1.54, 1.807) is 48.5 Å². The van der Waals surface area contributed by atoms with Crippen molar-refractivity contribution in [1.29, 1.82) is 0 Å². The van der Waals surface area contributed by atoms with Crippen molar-refractivity contribution in [3.8, 4) is 44.5 Å². The van der Waals surface area contributed by atoms with Crippen molar-refractivity contribution >= 4 is 54.3 Å². The molecule has 0 fully saturated rings. The van der Waals surface area contributed by atoms with Gasteiger partial charge in [0.1, 0.15) is 11.2 Å². The van der Waals surface area contributed by atoms with Gasteiger partial charge in [0.25, 0.3) is 0 Å². The fourth-order valence-corrected chi connectivity index (χ4v) is 6.30. The van der Waals surface area contributed by atoms with Crippen molar-refractivity contribution in [2.45, 2.75) is 0 Å². The Morgan fingerprint density at radius 2 is 0.898 bits per heavy atom. The molecular weight excluding hydrogens is 593 g/mol. The first-order valence-corrected chi connectivity index (χ1v) is 15.1. The summed E-state index contributed by atoms with van der Waals surface area (Å²) in [6.07, 6.45) is 0. The highest BCUT2D eigenvalue weighted by Crippen LogP contribution is 2.47. The molecule has 1 heteroatoms. The quantitative estimate of drug-likeness (QED) is 0.174. The van der Waals surface area contributed by atoms with Gasteiger partial charge in [-0.15, -0.1) is 0 Å². The van der Waals surface area contributed by atoms with Crippen molar-refractivity contribution in [2.75, 3.05) is 0 Å². The summed E-state index contributed by atoms with van der Waals surface area (Å²) < 4.78 is 201. The first-order chi connectivity index (χ1) is 33.5. The van der Waals surface area contributed by atoms with Crippen LogP contribution in [0.2, 0.25) is 0 Å². The summed E-state index contributed by atoms with van der Waals surface area (Å²) in [5.74, 6) is 0. The van der Waals surface area contributed by atoms with Gasteiger partial charge in [0.05, 0.1) is 30.2 Å². The van der Waals surface area contributed by atoms with Gasteiger partial charge in [-0.3, -0.25) is 0 Å². The summed E-state index contributed by atoms with van der Waals surface area (Å²) in [4.78, 5) is 0. The molecule has 1 nitrogen and oxygen atoms in total. The number of hydrogen-bond acceptors (Lipinski definition) is 1. The van der Waals surface area contributed by atoms with Crippen LogP contribution in [0.5, 0.6) is 0 Å². The van der Waals surface area contributed by atoms with E-state index in [2.05, 4.69) is 0 Å². The lowest BCUT2D eigenvalue weighted by atomic mass is 9.84. The normalized spacial score (nSPS) is 18.0. The molecular formula is C48H30O. The predicted molar refractivity (Wildman–Crippen MR) is 208 cm³/mol. The molecule has 0 aliphatic carbocycles. The van der Waals surface area contributed by atoms with Crippen LogP contribution in [-0.2, 0) is 0 Å². The van der Waals surface area contributed by atoms with Gasteiger partial charge in [0.2, 0.25) is 0 Å². The van der Waals surface area contributed by atoms with E-state index in [0.717, 1.165) is 0 Å². The zero-order valence-corrected chi connectivity index (χ0v) is 25.0. The van der Waals surface area contributed by atoms with Crippen molar-refractivity contribution < 1.29 is 34.6 Å². The minimum Gasteiger partial charge on any atom is -0.456 e. The van der Waals surface area contributed by atoms with E-state index < -0.39 is 172 Å². The SMILES string of the molecule is [2H]c1c([2H])c([2H])c(-c2c([2H])c([2H])c3c(oc4c([2H])c([2H])c([2H])c(-c5c6ccccc6c(-c6c([2H])c([2H])c7c([2H])c(-c8c([2H])c([2H])c([2H])c([2H])c8[2H])c([2H])c([2H])c7c6[2H])c6ccccc56)c43)c2[2H])c([2H])c1[2H]. The smallest absolute Gasteiger partial charge is 0.136 e. The van der Waals surface area contributed by atoms with E-state index in [0.29, 0.717) is 21.5 Å². The van der Waals surface area contributed by atoms with Crippen LogP contribution in [-0.4, -0.2) is 0 Å². The molecule has 0 aliphatic rings. The zero-order chi connectivity index (χ0) is 51.5. The Morgan fingerprint density at radius 1 is 0.367 bits per heavy atom. The molecule has 0 aliphatic heterocycles. The van der Waals surface area contributed by atoms with Gasteiger partial charge in [0.15, 0.2) is 0 Å². The second kappa shape index (κ2) is 11.1. The van der Waals surface area contributed by atoms with E-state index in [-0.39, 0.29) is 38.6 Å². The maximum atomic E-state index is 9.69. The lowest BCUT2D eigenvalue weighted by molar-refractivity contribution is 0.669. The van der Waals surface area contributed by atoms with Gasteiger partial charge in [-0.05, 0) is 107 Å². The molecule has 0 saturated heterocycles. The first kappa shape index (κ1) is 13.6. The number of fused-ring (bicyclic) bond motifs is 6. The van der Waals surface area contributed by atoms with Crippen molar-refractivity contribution in [3.05, 3.63) is 181 Å². The standard InChI is InChI=1S/C48H30O/c1-3-12-31(13-4-1)33-22-23-35-29-37(25-24-34(35)28-33)46-38-16-7-9-18-40(38)47(41-19-10-8-17-39(41)46)43-20-11-21-44-48(43)42-27-26-36(30-45(42)49-44)32-14-5-2-6-15-32/h1-30H/i1D,2D,3D,4D,5D,6D,11D,12D,13D,14D,15D,20D,21D,22D,23D,24D,25D,26D,27D,28D,29D,30D. The molecule has 0 spiro atoms. The summed E-state index contributed by atoms with van der Waals surface area (Å²) in [6.45, 7) is 0. The van der Waals surface area contributed by atoms with E-state index in [1.165, 1.54) is 0 Å². The van der Waals surface area contributed by atoms with Gasteiger partial charge < -0.3 is 4.42 Å². The lowest BCUT2D eigenvalue weighted by Gasteiger charge is -2.18. The molecule has 10 rings (SSSR count). The molecule has 49 heavy (non-hydrogen) atoms. The molecule has 0 atom stereocenters. The third kappa shape index (κ3) is 4.47. The molecule has 0 unspecified atom stereocenters.